The van der Waals surface area contributed by atoms with Crippen LogP contribution in [0.25, 0.3) is 0 Å². The van der Waals surface area contributed by atoms with Crippen molar-refractivity contribution < 1.29 is 22.8 Å². The normalized spacial score (nSPS) is 25.3. The van der Waals surface area contributed by atoms with Crippen LogP contribution in [0.5, 0.6) is 5.75 Å². The molecule has 0 N–H and O–H groups in total. The Labute approximate surface area is 126 Å². The molecule has 2 rings (SSSR count). The first-order chi connectivity index (χ1) is 9.73. The summed E-state index contributed by atoms with van der Waals surface area (Å²) >= 11 is 2.77. The smallest absolute Gasteiger partial charge is 0.416 e. The molecule has 0 unspecified atom stereocenters. The third-order valence-corrected chi connectivity index (χ3v) is 3.79. The Morgan fingerprint density at radius 3 is 2.43 bits per heavy atom. The summed E-state index contributed by atoms with van der Waals surface area (Å²) in [7, 11) is 0. The number of hydrogen-bond acceptors (Lipinski definition) is 3. The van der Waals surface area contributed by atoms with Crippen LogP contribution >= 0.6 is 15.9 Å². The van der Waals surface area contributed by atoms with Crippen molar-refractivity contribution in [3.8, 4) is 5.75 Å². The molecular formula is C13H9BrF3NO3. The Bertz CT molecular complexity index is 600. The fourth-order valence-corrected chi connectivity index (χ4v) is 2.27. The van der Waals surface area contributed by atoms with Gasteiger partial charge in [0.1, 0.15) is 5.75 Å². The van der Waals surface area contributed by atoms with Crippen LogP contribution in [-0.2, 0) is 0 Å². The van der Waals surface area contributed by atoms with Crippen LogP contribution in [0.4, 0.5) is 13.2 Å². The third-order valence-electron chi connectivity index (χ3n) is 2.82. The van der Waals surface area contributed by atoms with Crippen molar-refractivity contribution in [1.82, 2.24) is 0 Å². The molecule has 112 valence electrons. The summed E-state index contributed by atoms with van der Waals surface area (Å²) in [6.07, 6.45) is -3.56. The molecule has 1 aliphatic rings. The van der Waals surface area contributed by atoms with Crippen LogP contribution in [0.2, 0.25) is 0 Å². The van der Waals surface area contributed by atoms with E-state index in [1.54, 1.807) is 30.3 Å². The molecule has 1 aromatic carbocycles. The van der Waals surface area contributed by atoms with Crippen molar-refractivity contribution in [2.75, 3.05) is 0 Å². The first-order valence-electron chi connectivity index (χ1n) is 5.77. The maximum absolute atomic E-state index is 12.7. The number of nitrogens with zero attached hydrogens (tertiary/aromatic N) is 1. The predicted molar refractivity (Wildman–Crippen MR) is 72.8 cm³/mol. The Morgan fingerprint density at radius 1 is 1.29 bits per heavy atom. The summed E-state index contributed by atoms with van der Waals surface area (Å²) in [6, 6.07) is 8.15. The van der Waals surface area contributed by atoms with Crippen molar-refractivity contribution in [3.63, 3.8) is 0 Å². The van der Waals surface area contributed by atoms with E-state index in [9.17, 15) is 23.3 Å². The highest BCUT2D eigenvalue weighted by atomic mass is 79.9. The lowest BCUT2D eigenvalue weighted by Gasteiger charge is -2.28. The van der Waals surface area contributed by atoms with Gasteiger partial charge in [0, 0.05) is 26.9 Å². The van der Waals surface area contributed by atoms with Gasteiger partial charge in [-0.1, -0.05) is 24.3 Å². The molecule has 0 radical (unpaired) electrons. The molecule has 0 aliphatic heterocycles. The van der Waals surface area contributed by atoms with Gasteiger partial charge in [-0.3, -0.25) is 10.1 Å². The van der Waals surface area contributed by atoms with Gasteiger partial charge in [0.25, 0.3) is 0 Å². The standard InChI is InChI=1S/C13H9BrF3NO3/c14-12(18(19)20)8-9(13(15,16)17)6-7-11(12)21-10-4-2-1-3-5-10/h1-8,11H/t11-,12+/m0/s1. The second-order valence-electron chi connectivity index (χ2n) is 4.29. The van der Waals surface area contributed by atoms with Crippen LogP contribution in [0.1, 0.15) is 0 Å². The Morgan fingerprint density at radius 2 is 1.90 bits per heavy atom. The number of rotatable bonds is 3. The molecule has 0 amide bonds. The van der Waals surface area contributed by atoms with Crippen molar-refractivity contribution in [3.05, 3.63) is 64.2 Å². The number of benzene rings is 1. The Kier molecular flexibility index (Phi) is 4.08. The quantitative estimate of drug-likeness (QED) is 0.354. The molecule has 1 aliphatic carbocycles. The topological polar surface area (TPSA) is 52.4 Å². The summed E-state index contributed by atoms with van der Waals surface area (Å²) in [6.45, 7) is 0. The number of allylic oxidation sites excluding steroid dienone is 2. The number of alkyl halides is 4. The van der Waals surface area contributed by atoms with Gasteiger partial charge in [-0.2, -0.15) is 13.2 Å². The minimum Gasteiger partial charge on any atom is -0.477 e. The zero-order valence-corrected chi connectivity index (χ0v) is 12.0. The maximum Gasteiger partial charge on any atom is 0.416 e. The minimum absolute atomic E-state index is 0.321. The van der Waals surface area contributed by atoms with E-state index in [2.05, 4.69) is 15.9 Å². The maximum atomic E-state index is 12.7. The lowest BCUT2D eigenvalue weighted by molar-refractivity contribution is -0.530. The van der Waals surface area contributed by atoms with E-state index in [-0.39, 0.29) is 0 Å². The van der Waals surface area contributed by atoms with Crippen molar-refractivity contribution in [2.45, 2.75) is 16.7 Å². The molecule has 0 saturated carbocycles. The van der Waals surface area contributed by atoms with Gasteiger partial charge in [-0.05, 0) is 18.2 Å². The van der Waals surface area contributed by atoms with Crippen LogP contribution in [0, 0.1) is 10.1 Å². The van der Waals surface area contributed by atoms with Gasteiger partial charge in [0.2, 0.25) is 6.10 Å². The molecule has 0 spiro atoms. The van der Waals surface area contributed by atoms with E-state index >= 15 is 0 Å². The van der Waals surface area contributed by atoms with E-state index < -0.39 is 27.2 Å². The molecule has 8 heteroatoms. The van der Waals surface area contributed by atoms with Crippen LogP contribution < -0.4 is 4.74 Å². The van der Waals surface area contributed by atoms with E-state index in [0.29, 0.717) is 11.8 Å². The van der Waals surface area contributed by atoms with Gasteiger partial charge in [0.15, 0.2) is 0 Å². The molecule has 0 fully saturated rings. The molecule has 21 heavy (non-hydrogen) atoms. The second-order valence-corrected chi connectivity index (χ2v) is 5.56. The fourth-order valence-electron chi connectivity index (χ4n) is 1.77. The second kappa shape index (κ2) is 5.51. The fraction of sp³-hybridized carbons (Fsp3) is 0.231. The molecule has 0 heterocycles. The molecule has 4 nitrogen and oxygen atoms in total. The monoisotopic (exact) mass is 363 g/mol. The predicted octanol–water partition coefficient (Wildman–Crippen LogP) is 3.86. The zero-order valence-electron chi connectivity index (χ0n) is 10.4. The van der Waals surface area contributed by atoms with E-state index in [0.717, 1.165) is 12.2 Å². The summed E-state index contributed by atoms with van der Waals surface area (Å²) < 4.78 is 41.3. The lowest BCUT2D eigenvalue weighted by Crippen LogP contribution is -2.46. The largest absolute Gasteiger partial charge is 0.477 e. The Balaban J connectivity index is 2.34. The summed E-state index contributed by atoms with van der Waals surface area (Å²) in [4.78, 5) is 10.3. The highest BCUT2D eigenvalue weighted by Gasteiger charge is 2.52. The van der Waals surface area contributed by atoms with Gasteiger partial charge >= 0.3 is 10.6 Å². The zero-order chi connectivity index (χ0) is 15.7. The van der Waals surface area contributed by atoms with Crippen LogP contribution in [0.15, 0.2) is 54.1 Å². The minimum atomic E-state index is -4.66. The first-order valence-corrected chi connectivity index (χ1v) is 6.56. The van der Waals surface area contributed by atoms with Crippen LogP contribution in [-0.4, -0.2) is 21.7 Å². The van der Waals surface area contributed by atoms with Gasteiger partial charge in [-0.25, -0.2) is 0 Å². The van der Waals surface area contributed by atoms with Crippen molar-refractivity contribution in [2.24, 2.45) is 0 Å². The number of nitro groups is 1. The molecule has 2 atom stereocenters. The molecule has 0 saturated heterocycles. The van der Waals surface area contributed by atoms with Gasteiger partial charge in [-0.15, -0.1) is 0 Å². The van der Waals surface area contributed by atoms with Gasteiger partial charge < -0.3 is 4.74 Å². The third kappa shape index (κ3) is 3.26. The summed E-state index contributed by atoms with van der Waals surface area (Å²) in [5.41, 5.74) is -1.09. The van der Waals surface area contributed by atoms with Crippen molar-refractivity contribution >= 4 is 15.9 Å². The van der Waals surface area contributed by atoms with E-state index in [1.165, 1.54) is 0 Å². The number of hydrogen-bond donors (Lipinski definition) is 0. The van der Waals surface area contributed by atoms with E-state index in [4.69, 9.17) is 4.74 Å². The first kappa shape index (κ1) is 15.6. The average Bonchev–Trinajstić information content (AvgIpc) is 2.41. The lowest BCUT2D eigenvalue weighted by atomic mass is 10.00. The molecule has 0 bridgehead atoms. The summed E-state index contributed by atoms with van der Waals surface area (Å²) in [5.74, 6) is 0.321. The molecular weight excluding hydrogens is 355 g/mol. The average molecular weight is 364 g/mol. The highest BCUT2D eigenvalue weighted by molar-refractivity contribution is 9.10. The Hall–Kier alpha value is -1.83. The SMILES string of the molecule is O=[N+]([O-])[C@]1(Br)C=C(C(F)(F)F)C=C[C@@H]1Oc1ccccc1. The highest BCUT2D eigenvalue weighted by Crippen LogP contribution is 2.39. The number of para-hydroxylation sites is 1. The molecule has 0 aromatic heterocycles. The van der Waals surface area contributed by atoms with Crippen LogP contribution in [0.3, 0.4) is 0 Å². The van der Waals surface area contributed by atoms with Gasteiger partial charge in [0.05, 0.1) is 5.57 Å². The number of ether oxygens (including phenoxy) is 1. The number of halogens is 4. The summed E-state index contributed by atoms with van der Waals surface area (Å²) in [5, 5.41) is 11.2. The van der Waals surface area contributed by atoms with E-state index in [1.807, 2.05) is 0 Å². The molecule has 1 aromatic rings. The van der Waals surface area contributed by atoms with Crippen molar-refractivity contribution in [1.29, 1.82) is 0 Å².